The zero-order chi connectivity index (χ0) is 19.2. The number of allylic oxidation sites excluding steroid dienone is 1. The maximum absolute atomic E-state index is 12.7. The highest BCUT2D eigenvalue weighted by Crippen LogP contribution is 2.56. The molecule has 0 unspecified atom stereocenters. The van der Waals surface area contributed by atoms with E-state index < -0.39 is 6.10 Å². The van der Waals surface area contributed by atoms with Crippen LogP contribution in [0.1, 0.15) is 33.1 Å². The number of aliphatic hydroxyl groups excluding tert-OH is 2. The van der Waals surface area contributed by atoms with Crippen LogP contribution >= 0.6 is 0 Å². The summed E-state index contributed by atoms with van der Waals surface area (Å²) in [6.07, 6.45) is 4.53. The van der Waals surface area contributed by atoms with E-state index in [9.17, 15) is 9.90 Å². The van der Waals surface area contributed by atoms with Gasteiger partial charge in [0.05, 0.1) is 18.6 Å². The summed E-state index contributed by atoms with van der Waals surface area (Å²) in [7, 11) is 0. The predicted octanol–water partition coefficient (Wildman–Crippen LogP) is 0.881. The minimum atomic E-state index is -0.523. The summed E-state index contributed by atoms with van der Waals surface area (Å²) in [5.74, 6) is -0.0401. The molecular formula is C21H34N2O4. The van der Waals surface area contributed by atoms with Crippen molar-refractivity contribution in [2.24, 2.45) is 23.2 Å². The molecule has 2 aliphatic heterocycles. The van der Waals surface area contributed by atoms with E-state index in [0.717, 1.165) is 45.4 Å². The lowest BCUT2D eigenvalue weighted by Gasteiger charge is -2.52. The fourth-order valence-corrected chi connectivity index (χ4v) is 5.89. The number of carbonyl (C=O) groups is 1. The van der Waals surface area contributed by atoms with Crippen LogP contribution < -0.4 is 0 Å². The largest absolute Gasteiger partial charge is 0.461 e. The van der Waals surface area contributed by atoms with Crippen LogP contribution in [-0.2, 0) is 9.53 Å². The summed E-state index contributed by atoms with van der Waals surface area (Å²) < 4.78 is 5.77. The molecule has 6 heteroatoms. The van der Waals surface area contributed by atoms with Crippen LogP contribution in [0.4, 0.5) is 0 Å². The van der Waals surface area contributed by atoms with Gasteiger partial charge in [0, 0.05) is 57.0 Å². The van der Waals surface area contributed by atoms with Crippen molar-refractivity contribution in [1.29, 1.82) is 0 Å². The molecule has 3 fully saturated rings. The summed E-state index contributed by atoms with van der Waals surface area (Å²) in [4.78, 5) is 17.3. The van der Waals surface area contributed by atoms with Crippen LogP contribution in [0.25, 0.3) is 0 Å². The topological polar surface area (TPSA) is 73.2 Å². The highest BCUT2D eigenvalue weighted by atomic mass is 16.6. The van der Waals surface area contributed by atoms with E-state index in [1.807, 2.05) is 0 Å². The number of piperazine rings is 1. The number of nitrogens with zero attached hydrogens (tertiary/aromatic N) is 2. The Balaban J connectivity index is 1.48. The Labute approximate surface area is 162 Å². The molecular weight excluding hydrogens is 344 g/mol. The Bertz CT molecular complexity index is 601. The second-order valence-corrected chi connectivity index (χ2v) is 9.16. The third-order valence-electron chi connectivity index (χ3n) is 7.91. The third kappa shape index (κ3) is 3.24. The van der Waals surface area contributed by atoms with E-state index in [1.54, 1.807) is 0 Å². The molecule has 4 rings (SSSR count). The van der Waals surface area contributed by atoms with Gasteiger partial charge in [0.2, 0.25) is 0 Å². The first-order valence-electron chi connectivity index (χ1n) is 10.6. The summed E-state index contributed by atoms with van der Waals surface area (Å²) in [6.45, 7) is 9.65. The maximum Gasteiger partial charge on any atom is 0.311 e. The molecule has 0 spiro atoms. The van der Waals surface area contributed by atoms with Gasteiger partial charge in [-0.15, -0.1) is 0 Å². The molecule has 0 aromatic carbocycles. The van der Waals surface area contributed by atoms with Crippen molar-refractivity contribution in [3.8, 4) is 0 Å². The summed E-state index contributed by atoms with van der Waals surface area (Å²) >= 11 is 0. The van der Waals surface area contributed by atoms with Crippen LogP contribution in [0.5, 0.6) is 0 Å². The van der Waals surface area contributed by atoms with Crippen molar-refractivity contribution < 1.29 is 19.7 Å². The predicted molar refractivity (Wildman–Crippen MR) is 102 cm³/mol. The van der Waals surface area contributed by atoms with Crippen molar-refractivity contribution in [2.45, 2.75) is 45.3 Å². The molecule has 0 bridgehead atoms. The summed E-state index contributed by atoms with van der Waals surface area (Å²) in [6, 6.07) is 0. The van der Waals surface area contributed by atoms with Gasteiger partial charge >= 0.3 is 5.97 Å². The van der Waals surface area contributed by atoms with Crippen LogP contribution in [0.3, 0.4) is 0 Å². The van der Waals surface area contributed by atoms with E-state index in [0.29, 0.717) is 19.0 Å². The minimum Gasteiger partial charge on any atom is -0.461 e. The second-order valence-electron chi connectivity index (χ2n) is 9.16. The van der Waals surface area contributed by atoms with Gasteiger partial charge in [0.25, 0.3) is 0 Å². The van der Waals surface area contributed by atoms with Gasteiger partial charge in [-0.05, 0) is 18.8 Å². The van der Waals surface area contributed by atoms with Gasteiger partial charge in [-0.2, -0.15) is 0 Å². The third-order valence-corrected chi connectivity index (χ3v) is 7.91. The molecule has 6 atom stereocenters. The Hall–Kier alpha value is -0.950. The number of hydrogen-bond donors (Lipinski definition) is 2. The van der Waals surface area contributed by atoms with E-state index in [-0.39, 0.29) is 35.9 Å². The molecule has 1 saturated carbocycles. The number of hydrogen-bond acceptors (Lipinski definition) is 6. The fraction of sp³-hybridized carbons (Fsp3) is 0.857. The number of esters is 1. The average Bonchev–Trinajstić information content (AvgIpc) is 2.95. The zero-order valence-corrected chi connectivity index (χ0v) is 16.6. The SMILES string of the molecule is C[C@H]1CCC=C2C[C@H]3OC(=O)[C@H](CN4CCN(CCO)CC4)[C@H]3[C@@H](O)[C@@]21C. The van der Waals surface area contributed by atoms with Gasteiger partial charge in [-0.3, -0.25) is 14.6 Å². The lowest BCUT2D eigenvalue weighted by Crippen LogP contribution is -2.55. The number of aliphatic hydroxyl groups is 2. The standard InChI is InChI=1S/C21H34N2O4/c1-14-4-3-5-15-12-17-18(19(25)21(14,15)2)16(20(26)27-17)13-23-8-6-22(7-9-23)10-11-24/h5,14,16-19,24-25H,3-4,6-13H2,1-2H3/t14-,16+,17+,18+,19+,21+/m0/s1. The summed E-state index contributed by atoms with van der Waals surface area (Å²) in [5.41, 5.74) is 1.06. The first-order chi connectivity index (χ1) is 12.9. The van der Waals surface area contributed by atoms with Crippen molar-refractivity contribution in [3.63, 3.8) is 0 Å². The molecule has 2 aliphatic carbocycles. The van der Waals surface area contributed by atoms with E-state index >= 15 is 0 Å². The number of β-amino-alcohol motifs (C(OH)–C–C–N with tert-alkyl or cyclic N) is 1. The number of ether oxygens (including phenoxy) is 1. The van der Waals surface area contributed by atoms with E-state index in [4.69, 9.17) is 9.84 Å². The van der Waals surface area contributed by atoms with Crippen LogP contribution in [0.2, 0.25) is 0 Å². The van der Waals surface area contributed by atoms with Gasteiger partial charge in [0.15, 0.2) is 0 Å². The normalized spacial score (nSPS) is 43.0. The molecule has 152 valence electrons. The van der Waals surface area contributed by atoms with Crippen molar-refractivity contribution in [3.05, 3.63) is 11.6 Å². The van der Waals surface area contributed by atoms with Crippen molar-refractivity contribution >= 4 is 5.97 Å². The van der Waals surface area contributed by atoms with Crippen LogP contribution in [0, 0.1) is 23.2 Å². The summed E-state index contributed by atoms with van der Waals surface area (Å²) in [5, 5.41) is 20.5. The molecule has 27 heavy (non-hydrogen) atoms. The lowest BCUT2D eigenvalue weighted by molar-refractivity contribution is -0.145. The van der Waals surface area contributed by atoms with Crippen molar-refractivity contribution in [2.75, 3.05) is 45.9 Å². The molecule has 2 heterocycles. The average molecular weight is 379 g/mol. The molecule has 2 saturated heterocycles. The maximum atomic E-state index is 12.7. The Morgan fingerprint density at radius 3 is 2.67 bits per heavy atom. The Morgan fingerprint density at radius 1 is 1.26 bits per heavy atom. The fourth-order valence-electron chi connectivity index (χ4n) is 5.89. The highest BCUT2D eigenvalue weighted by Gasteiger charge is 2.59. The van der Waals surface area contributed by atoms with Crippen molar-refractivity contribution in [1.82, 2.24) is 9.80 Å². The lowest BCUT2D eigenvalue weighted by atomic mass is 9.55. The zero-order valence-electron chi connectivity index (χ0n) is 16.6. The Kier molecular flexibility index (Phi) is 5.36. The molecule has 6 nitrogen and oxygen atoms in total. The molecule has 4 aliphatic rings. The molecule has 0 aromatic heterocycles. The van der Waals surface area contributed by atoms with Gasteiger partial charge in [0.1, 0.15) is 6.10 Å². The first-order valence-corrected chi connectivity index (χ1v) is 10.6. The van der Waals surface area contributed by atoms with Gasteiger partial charge in [-0.1, -0.05) is 25.5 Å². The van der Waals surface area contributed by atoms with Crippen LogP contribution in [0.15, 0.2) is 11.6 Å². The molecule has 0 amide bonds. The molecule has 0 radical (unpaired) electrons. The molecule has 2 N–H and O–H groups in total. The van der Waals surface area contributed by atoms with Crippen LogP contribution in [-0.4, -0.2) is 84.1 Å². The minimum absolute atomic E-state index is 0.101. The van der Waals surface area contributed by atoms with E-state index in [2.05, 4.69) is 29.7 Å². The van der Waals surface area contributed by atoms with E-state index in [1.165, 1.54) is 5.57 Å². The number of carbonyl (C=O) groups excluding carboxylic acids is 1. The Morgan fingerprint density at radius 2 is 1.96 bits per heavy atom. The second kappa shape index (κ2) is 7.47. The smallest absolute Gasteiger partial charge is 0.311 e. The first kappa shape index (κ1) is 19.4. The molecule has 0 aromatic rings. The highest BCUT2D eigenvalue weighted by molar-refractivity contribution is 5.76. The van der Waals surface area contributed by atoms with Gasteiger partial charge in [-0.25, -0.2) is 0 Å². The van der Waals surface area contributed by atoms with Gasteiger partial charge < -0.3 is 14.9 Å². The monoisotopic (exact) mass is 378 g/mol. The number of fused-ring (bicyclic) bond motifs is 2. The number of rotatable bonds is 4. The quantitative estimate of drug-likeness (QED) is 0.559.